The number of hydrogen-bond acceptors (Lipinski definition) is 5. The molecule has 0 saturated heterocycles. The Hall–Kier alpha value is -1.82. The minimum absolute atomic E-state index is 0.158. The lowest BCUT2D eigenvalue weighted by Crippen LogP contribution is -2.22. The van der Waals surface area contributed by atoms with Crippen LogP contribution in [0.15, 0.2) is 23.4 Å². The Morgan fingerprint density at radius 3 is 3.00 bits per heavy atom. The maximum Gasteiger partial charge on any atom is 0.264 e. The number of nitrogens with zero attached hydrogens (tertiary/aromatic N) is 1. The SMILES string of the molecule is N#Cc1c(NS(=O)(=O)c2cc[nH]c2)sc2c1CCNC2. The lowest BCUT2D eigenvalue weighted by molar-refractivity contribution is 0.601. The first-order chi connectivity index (χ1) is 9.62. The van der Waals surface area contributed by atoms with Crippen LogP contribution in [0.3, 0.4) is 0 Å². The van der Waals surface area contributed by atoms with E-state index in [0.29, 0.717) is 17.1 Å². The molecule has 3 N–H and O–H groups in total. The van der Waals surface area contributed by atoms with Gasteiger partial charge in [-0.15, -0.1) is 11.3 Å². The summed E-state index contributed by atoms with van der Waals surface area (Å²) in [6.07, 6.45) is 3.70. The predicted molar refractivity (Wildman–Crippen MR) is 76.0 cm³/mol. The lowest BCUT2D eigenvalue weighted by atomic mass is 10.1. The molecular formula is C12H12N4O2S2. The standard InChI is InChI=1S/C12H12N4O2S2/c13-5-10-9-2-4-15-7-11(9)19-12(10)16-20(17,18)8-1-3-14-6-8/h1,3,6,14-16H,2,4,7H2. The lowest BCUT2D eigenvalue weighted by Gasteiger charge is -2.11. The zero-order valence-corrected chi connectivity index (χ0v) is 12.1. The third-order valence-corrected chi connectivity index (χ3v) is 5.77. The molecule has 2 aromatic heterocycles. The summed E-state index contributed by atoms with van der Waals surface area (Å²) in [7, 11) is -3.64. The molecule has 0 aliphatic carbocycles. The highest BCUT2D eigenvalue weighted by Crippen LogP contribution is 2.35. The van der Waals surface area contributed by atoms with Crippen LogP contribution in [-0.4, -0.2) is 19.9 Å². The largest absolute Gasteiger partial charge is 0.366 e. The molecule has 8 heteroatoms. The number of hydrogen-bond donors (Lipinski definition) is 3. The third kappa shape index (κ3) is 2.20. The molecule has 0 saturated carbocycles. The summed E-state index contributed by atoms with van der Waals surface area (Å²) in [6.45, 7) is 1.49. The number of thiophene rings is 1. The summed E-state index contributed by atoms with van der Waals surface area (Å²) >= 11 is 1.33. The van der Waals surface area contributed by atoms with Crippen molar-refractivity contribution in [3.05, 3.63) is 34.5 Å². The van der Waals surface area contributed by atoms with Gasteiger partial charge >= 0.3 is 0 Å². The number of sulfonamides is 1. The second-order valence-corrected chi connectivity index (χ2v) is 7.19. The van der Waals surface area contributed by atoms with Crippen molar-refractivity contribution in [3.8, 4) is 6.07 Å². The van der Waals surface area contributed by atoms with Crippen LogP contribution >= 0.6 is 11.3 Å². The maximum atomic E-state index is 12.2. The van der Waals surface area contributed by atoms with E-state index in [2.05, 4.69) is 21.1 Å². The van der Waals surface area contributed by atoms with Crippen molar-refractivity contribution in [2.75, 3.05) is 11.3 Å². The van der Waals surface area contributed by atoms with Crippen LogP contribution in [0.1, 0.15) is 16.0 Å². The zero-order chi connectivity index (χ0) is 14.2. The predicted octanol–water partition coefficient (Wildman–Crippen LogP) is 1.39. The normalized spacial score (nSPS) is 14.6. The Kier molecular flexibility index (Phi) is 3.25. The minimum Gasteiger partial charge on any atom is -0.366 e. The van der Waals surface area contributed by atoms with Gasteiger partial charge in [0, 0.05) is 23.8 Å². The molecule has 0 bridgehead atoms. The van der Waals surface area contributed by atoms with E-state index in [1.165, 1.54) is 23.6 Å². The van der Waals surface area contributed by atoms with E-state index in [1.54, 1.807) is 6.20 Å². The fourth-order valence-corrected chi connectivity index (χ4v) is 4.63. The first-order valence-electron chi connectivity index (χ1n) is 6.03. The van der Waals surface area contributed by atoms with Crippen LogP contribution in [0, 0.1) is 11.3 Å². The highest BCUT2D eigenvalue weighted by Gasteiger charge is 2.24. The molecule has 0 spiro atoms. The van der Waals surface area contributed by atoms with Gasteiger partial charge < -0.3 is 10.3 Å². The fraction of sp³-hybridized carbons (Fsp3) is 0.250. The molecule has 3 rings (SSSR count). The van der Waals surface area contributed by atoms with Crippen molar-refractivity contribution >= 4 is 26.4 Å². The molecule has 0 aromatic carbocycles. The highest BCUT2D eigenvalue weighted by atomic mass is 32.2. The highest BCUT2D eigenvalue weighted by molar-refractivity contribution is 7.93. The molecule has 3 heterocycles. The number of H-pyrrole nitrogens is 1. The number of nitriles is 1. The first-order valence-corrected chi connectivity index (χ1v) is 8.33. The Morgan fingerprint density at radius 2 is 2.30 bits per heavy atom. The number of aromatic amines is 1. The van der Waals surface area contributed by atoms with Gasteiger partial charge in [-0.3, -0.25) is 4.72 Å². The van der Waals surface area contributed by atoms with E-state index < -0.39 is 10.0 Å². The molecule has 0 unspecified atom stereocenters. The van der Waals surface area contributed by atoms with Crippen LogP contribution in [0.4, 0.5) is 5.00 Å². The number of anilines is 1. The molecule has 0 radical (unpaired) electrons. The molecule has 6 nitrogen and oxygen atoms in total. The summed E-state index contributed by atoms with van der Waals surface area (Å²) < 4.78 is 26.9. The van der Waals surface area contributed by atoms with Gasteiger partial charge in [-0.25, -0.2) is 8.42 Å². The molecule has 20 heavy (non-hydrogen) atoms. The summed E-state index contributed by atoms with van der Waals surface area (Å²) in [5, 5.41) is 12.9. The van der Waals surface area contributed by atoms with Crippen molar-refractivity contribution in [1.29, 1.82) is 5.26 Å². The van der Waals surface area contributed by atoms with E-state index in [9.17, 15) is 13.7 Å². The van der Waals surface area contributed by atoms with Gasteiger partial charge in [0.15, 0.2) is 0 Å². The van der Waals surface area contributed by atoms with Gasteiger partial charge in [-0.05, 0) is 24.6 Å². The van der Waals surface area contributed by atoms with Crippen LogP contribution in [-0.2, 0) is 23.0 Å². The van der Waals surface area contributed by atoms with Crippen molar-refractivity contribution in [2.45, 2.75) is 17.9 Å². The van der Waals surface area contributed by atoms with Crippen molar-refractivity contribution in [2.24, 2.45) is 0 Å². The van der Waals surface area contributed by atoms with Gasteiger partial charge in [-0.2, -0.15) is 5.26 Å². The van der Waals surface area contributed by atoms with Crippen LogP contribution in [0.2, 0.25) is 0 Å². The number of aromatic nitrogens is 1. The number of rotatable bonds is 3. The molecule has 1 aliphatic rings. The molecular weight excluding hydrogens is 296 g/mol. The molecule has 0 amide bonds. The number of fused-ring (bicyclic) bond motifs is 1. The van der Waals surface area contributed by atoms with Gasteiger partial charge in [0.25, 0.3) is 10.0 Å². The smallest absolute Gasteiger partial charge is 0.264 e. The van der Waals surface area contributed by atoms with E-state index in [1.807, 2.05) is 0 Å². The molecule has 0 atom stereocenters. The second kappa shape index (κ2) is 4.94. The van der Waals surface area contributed by atoms with Crippen molar-refractivity contribution in [3.63, 3.8) is 0 Å². The Bertz CT molecular complexity index is 769. The van der Waals surface area contributed by atoms with Gasteiger partial charge in [0.05, 0.1) is 5.56 Å². The van der Waals surface area contributed by atoms with Gasteiger partial charge in [0.2, 0.25) is 0 Å². The van der Waals surface area contributed by atoms with E-state index >= 15 is 0 Å². The summed E-state index contributed by atoms with van der Waals surface area (Å²) in [5.74, 6) is 0. The quantitative estimate of drug-likeness (QED) is 0.798. The van der Waals surface area contributed by atoms with Crippen molar-refractivity contribution < 1.29 is 8.42 Å². The summed E-state index contributed by atoms with van der Waals surface area (Å²) in [4.78, 5) is 3.89. The Balaban J connectivity index is 2.00. The zero-order valence-electron chi connectivity index (χ0n) is 10.4. The summed E-state index contributed by atoms with van der Waals surface area (Å²) in [6, 6.07) is 3.60. The molecule has 104 valence electrons. The van der Waals surface area contributed by atoms with Crippen LogP contribution in [0.5, 0.6) is 0 Å². The topological polar surface area (TPSA) is 97.8 Å². The van der Waals surface area contributed by atoms with E-state index in [-0.39, 0.29) is 4.90 Å². The van der Waals surface area contributed by atoms with Gasteiger partial charge in [0.1, 0.15) is 16.0 Å². The Labute approximate surface area is 120 Å². The average Bonchev–Trinajstić information content (AvgIpc) is 3.05. The minimum atomic E-state index is -3.64. The number of nitrogens with one attached hydrogen (secondary N) is 3. The monoisotopic (exact) mass is 308 g/mol. The average molecular weight is 308 g/mol. The fourth-order valence-electron chi connectivity index (χ4n) is 2.18. The molecule has 2 aromatic rings. The van der Waals surface area contributed by atoms with Crippen LogP contribution in [0.25, 0.3) is 0 Å². The molecule has 1 aliphatic heterocycles. The van der Waals surface area contributed by atoms with E-state index in [0.717, 1.165) is 23.4 Å². The van der Waals surface area contributed by atoms with Crippen molar-refractivity contribution in [1.82, 2.24) is 10.3 Å². The second-order valence-electron chi connectivity index (χ2n) is 4.40. The molecule has 0 fully saturated rings. The third-order valence-electron chi connectivity index (χ3n) is 3.15. The van der Waals surface area contributed by atoms with E-state index in [4.69, 9.17) is 0 Å². The Morgan fingerprint density at radius 1 is 1.45 bits per heavy atom. The van der Waals surface area contributed by atoms with Crippen LogP contribution < -0.4 is 10.0 Å². The summed E-state index contributed by atoms with van der Waals surface area (Å²) in [5.41, 5.74) is 1.41. The van der Waals surface area contributed by atoms with Gasteiger partial charge in [-0.1, -0.05) is 0 Å². The first kappa shape index (κ1) is 13.2. The maximum absolute atomic E-state index is 12.2.